The Morgan fingerprint density at radius 3 is 2.24 bits per heavy atom. The van der Waals surface area contributed by atoms with Crippen LogP contribution in [0, 0.1) is 12.8 Å². The van der Waals surface area contributed by atoms with Gasteiger partial charge in [0.05, 0.1) is 18.3 Å². The highest BCUT2D eigenvalue weighted by Gasteiger charge is 2.28. The average Bonchev–Trinajstić information content (AvgIpc) is 3.39. The number of nitrogens with zero attached hydrogens (tertiary/aromatic N) is 3. The fourth-order valence-corrected chi connectivity index (χ4v) is 5.68. The van der Waals surface area contributed by atoms with E-state index in [1.54, 1.807) is 0 Å². The van der Waals surface area contributed by atoms with Gasteiger partial charge in [-0.1, -0.05) is 86.3 Å². The van der Waals surface area contributed by atoms with E-state index in [0.717, 1.165) is 28.8 Å². The Balaban J connectivity index is 1.44. The first kappa shape index (κ1) is 22.6. The molecule has 1 aromatic heterocycles. The van der Waals surface area contributed by atoms with Crippen molar-refractivity contribution >= 4 is 5.91 Å². The van der Waals surface area contributed by atoms with Crippen molar-refractivity contribution in [1.82, 2.24) is 14.5 Å². The van der Waals surface area contributed by atoms with Crippen molar-refractivity contribution in [1.29, 1.82) is 0 Å². The molecule has 1 amide bonds. The Morgan fingerprint density at radius 1 is 1.00 bits per heavy atom. The minimum Gasteiger partial charge on any atom is -0.336 e. The first-order valence-corrected chi connectivity index (χ1v) is 12.6. The summed E-state index contributed by atoms with van der Waals surface area (Å²) in [5.41, 5.74) is 3.64. The number of amides is 1. The number of carbonyl (C=O) groups excluding carboxylic acids is 1. The minimum atomic E-state index is -0.237. The van der Waals surface area contributed by atoms with E-state index in [0.29, 0.717) is 37.7 Å². The molecule has 176 valence electrons. The topological polar surface area (TPSA) is 55.2 Å². The monoisotopic (exact) mass is 455 g/mol. The van der Waals surface area contributed by atoms with E-state index < -0.39 is 0 Å². The van der Waals surface area contributed by atoms with Gasteiger partial charge < -0.3 is 4.90 Å². The predicted molar refractivity (Wildman–Crippen MR) is 134 cm³/mol. The fraction of sp³-hybridized carbons (Fsp3) is 0.414. The van der Waals surface area contributed by atoms with E-state index >= 15 is 0 Å². The van der Waals surface area contributed by atoms with Crippen molar-refractivity contribution in [3.63, 3.8) is 0 Å². The highest BCUT2D eigenvalue weighted by atomic mass is 16.2. The van der Waals surface area contributed by atoms with E-state index in [4.69, 9.17) is 4.98 Å². The lowest BCUT2D eigenvalue weighted by molar-refractivity contribution is -0.132. The molecule has 5 nitrogen and oxygen atoms in total. The van der Waals surface area contributed by atoms with Crippen molar-refractivity contribution in [2.75, 3.05) is 6.54 Å². The number of aromatic nitrogens is 2. The molecule has 34 heavy (non-hydrogen) atoms. The quantitative estimate of drug-likeness (QED) is 0.523. The van der Waals surface area contributed by atoms with Crippen LogP contribution in [0.25, 0.3) is 0 Å². The van der Waals surface area contributed by atoms with Crippen LogP contribution in [0.15, 0.2) is 65.5 Å². The fourth-order valence-electron chi connectivity index (χ4n) is 5.68. The summed E-state index contributed by atoms with van der Waals surface area (Å²) in [7, 11) is 0. The van der Waals surface area contributed by atoms with Crippen molar-refractivity contribution in [2.24, 2.45) is 5.92 Å². The third-order valence-electron chi connectivity index (χ3n) is 7.53. The van der Waals surface area contributed by atoms with E-state index in [2.05, 4.69) is 24.3 Å². The van der Waals surface area contributed by atoms with Gasteiger partial charge in [-0.15, -0.1) is 0 Å². The van der Waals surface area contributed by atoms with Gasteiger partial charge in [0.1, 0.15) is 5.82 Å². The number of rotatable bonds is 6. The molecule has 1 aliphatic carbocycles. The predicted octanol–water partition coefficient (Wildman–Crippen LogP) is 5.04. The molecule has 0 saturated heterocycles. The Hall–Kier alpha value is -3.21. The van der Waals surface area contributed by atoms with Crippen LogP contribution in [-0.4, -0.2) is 26.9 Å². The summed E-state index contributed by atoms with van der Waals surface area (Å²) in [5, 5.41) is 0. The Labute approximate surface area is 201 Å². The average molecular weight is 456 g/mol. The van der Waals surface area contributed by atoms with E-state index in [1.165, 1.54) is 25.7 Å². The molecule has 0 spiro atoms. The van der Waals surface area contributed by atoms with Crippen LogP contribution in [0.3, 0.4) is 0 Å². The van der Waals surface area contributed by atoms with Crippen LogP contribution in [-0.2, 0) is 17.8 Å². The third-order valence-corrected chi connectivity index (χ3v) is 7.53. The maximum Gasteiger partial charge on any atom is 0.257 e. The second-order valence-corrected chi connectivity index (χ2v) is 9.74. The van der Waals surface area contributed by atoms with Gasteiger partial charge in [0.15, 0.2) is 0 Å². The molecule has 0 bridgehead atoms. The Kier molecular flexibility index (Phi) is 6.61. The van der Waals surface area contributed by atoms with Gasteiger partial charge in [0.25, 0.3) is 5.56 Å². The molecule has 1 saturated carbocycles. The van der Waals surface area contributed by atoms with Gasteiger partial charge in [-0.05, 0) is 36.8 Å². The maximum absolute atomic E-state index is 13.8. The molecule has 0 unspecified atom stereocenters. The summed E-state index contributed by atoms with van der Waals surface area (Å²) < 4.78 is 1.83. The standard InChI is InChI=1S/C29H33N3O2/c1-21-30-26-20-31(27(33)17-16-22-10-8-9-11-22)19-18-25(26)29(34)32(21)28(23-12-4-2-5-13-23)24-14-6-3-7-15-24/h2-7,12-15,22,28H,8-11,16-20H2,1H3. The van der Waals surface area contributed by atoms with Crippen LogP contribution in [0.1, 0.15) is 72.8 Å². The summed E-state index contributed by atoms with van der Waals surface area (Å²) >= 11 is 0. The molecular formula is C29H33N3O2. The molecule has 0 N–H and O–H groups in total. The second kappa shape index (κ2) is 9.96. The third kappa shape index (κ3) is 4.56. The molecule has 2 aliphatic rings. The summed E-state index contributed by atoms with van der Waals surface area (Å²) in [4.78, 5) is 33.5. The lowest BCUT2D eigenvalue weighted by Crippen LogP contribution is -2.42. The van der Waals surface area contributed by atoms with Crippen LogP contribution < -0.4 is 5.56 Å². The van der Waals surface area contributed by atoms with Crippen LogP contribution >= 0.6 is 0 Å². The molecule has 0 radical (unpaired) electrons. The van der Waals surface area contributed by atoms with Crippen molar-refractivity contribution in [3.8, 4) is 0 Å². The van der Waals surface area contributed by atoms with Gasteiger partial charge in [-0.2, -0.15) is 0 Å². The van der Waals surface area contributed by atoms with E-state index in [9.17, 15) is 9.59 Å². The Morgan fingerprint density at radius 2 is 1.62 bits per heavy atom. The second-order valence-electron chi connectivity index (χ2n) is 9.74. The van der Waals surface area contributed by atoms with E-state index in [1.807, 2.05) is 52.8 Å². The summed E-state index contributed by atoms with van der Waals surface area (Å²) in [6.07, 6.45) is 7.30. The highest BCUT2D eigenvalue weighted by Crippen LogP contribution is 2.30. The number of hydrogen-bond donors (Lipinski definition) is 0. The van der Waals surface area contributed by atoms with Gasteiger partial charge in [-0.3, -0.25) is 14.2 Å². The van der Waals surface area contributed by atoms with Gasteiger partial charge >= 0.3 is 0 Å². The molecule has 5 heteroatoms. The van der Waals surface area contributed by atoms with Gasteiger partial charge in [0, 0.05) is 18.5 Å². The van der Waals surface area contributed by atoms with E-state index in [-0.39, 0.29) is 17.5 Å². The molecule has 3 aromatic rings. The van der Waals surface area contributed by atoms with Crippen LogP contribution in [0.5, 0.6) is 0 Å². The summed E-state index contributed by atoms with van der Waals surface area (Å²) in [5.74, 6) is 1.59. The van der Waals surface area contributed by atoms with Crippen molar-refractivity contribution in [3.05, 3.63) is 99.2 Å². The normalized spacial score (nSPS) is 16.1. The molecule has 0 atom stereocenters. The van der Waals surface area contributed by atoms with Crippen molar-refractivity contribution < 1.29 is 4.79 Å². The lowest BCUT2D eigenvalue weighted by Gasteiger charge is -2.30. The first-order valence-electron chi connectivity index (χ1n) is 12.6. The number of hydrogen-bond acceptors (Lipinski definition) is 3. The Bertz CT molecular complexity index is 1160. The summed E-state index contributed by atoms with van der Waals surface area (Å²) in [6, 6.07) is 20.0. The number of benzene rings is 2. The lowest BCUT2D eigenvalue weighted by atomic mass is 9.97. The zero-order chi connectivity index (χ0) is 23.5. The number of fused-ring (bicyclic) bond motifs is 1. The number of aryl methyl sites for hydroxylation is 1. The molecule has 1 aliphatic heterocycles. The molecule has 1 fully saturated rings. The zero-order valence-corrected chi connectivity index (χ0v) is 20.0. The van der Waals surface area contributed by atoms with Gasteiger partial charge in [0.2, 0.25) is 5.91 Å². The zero-order valence-electron chi connectivity index (χ0n) is 20.0. The molecule has 5 rings (SSSR count). The van der Waals surface area contributed by atoms with Crippen LogP contribution in [0.2, 0.25) is 0 Å². The first-order chi connectivity index (χ1) is 16.6. The molecule has 2 heterocycles. The largest absolute Gasteiger partial charge is 0.336 e. The number of carbonyl (C=O) groups is 1. The highest BCUT2D eigenvalue weighted by molar-refractivity contribution is 5.76. The molecular weight excluding hydrogens is 422 g/mol. The summed E-state index contributed by atoms with van der Waals surface area (Å²) in [6.45, 7) is 2.94. The molecule has 2 aromatic carbocycles. The van der Waals surface area contributed by atoms with Gasteiger partial charge in [-0.25, -0.2) is 4.98 Å². The van der Waals surface area contributed by atoms with Crippen LogP contribution in [0.4, 0.5) is 0 Å². The van der Waals surface area contributed by atoms with Crippen molar-refractivity contribution in [2.45, 2.75) is 64.5 Å². The smallest absolute Gasteiger partial charge is 0.257 e. The SMILES string of the molecule is Cc1nc2c(c(=O)n1C(c1ccccc1)c1ccccc1)CCN(C(=O)CCC1CCCC1)C2. The maximum atomic E-state index is 13.8. The minimum absolute atomic E-state index is 0.0123.